The van der Waals surface area contributed by atoms with E-state index in [2.05, 4.69) is 5.16 Å². The van der Waals surface area contributed by atoms with E-state index in [1.165, 1.54) is 0 Å². The third-order valence-corrected chi connectivity index (χ3v) is 1.50. The maximum absolute atomic E-state index is 8.87. The molecule has 11 heavy (non-hydrogen) atoms. The summed E-state index contributed by atoms with van der Waals surface area (Å²) in [5, 5.41) is 12.5. The molecule has 1 aromatic rings. The van der Waals surface area contributed by atoms with Gasteiger partial charge in [0.25, 0.3) is 0 Å². The van der Waals surface area contributed by atoms with Crippen LogP contribution in [0.15, 0.2) is 10.7 Å². The monoisotopic (exact) mass is 155 g/mol. The molecule has 0 amide bonds. The number of rotatable bonds is 1. The lowest BCUT2D eigenvalue weighted by molar-refractivity contribution is 0.268. The van der Waals surface area contributed by atoms with Gasteiger partial charge in [0.05, 0.1) is 12.8 Å². The summed E-state index contributed by atoms with van der Waals surface area (Å²) in [6, 6.07) is 0. The second kappa shape index (κ2) is 2.66. The van der Waals surface area contributed by atoms with Gasteiger partial charge in [-0.1, -0.05) is 25.9 Å². The van der Waals surface area contributed by atoms with Crippen molar-refractivity contribution in [3.05, 3.63) is 17.5 Å². The van der Waals surface area contributed by atoms with E-state index >= 15 is 0 Å². The van der Waals surface area contributed by atoms with E-state index in [-0.39, 0.29) is 12.0 Å². The molecule has 0 radical (unpaired) electrons. The normalized spacial score (nSPS) is 12.0. The lowest BCUT2D eigenvalue weighted by Crippen LogP contribution is -2.12. The highest BCUT2D eigenvalue weighted by Gasteiger charge is 2.22. The second-order valence-electron chi connectivity index (χ2n) is 3.59. The quantitative estimate of drug-likeness (QED) is 0.667. The first-order chi connectivity index (χ1) is 5.05. The van der Waals surface area contributed by atoms with Gasteiger partial charge in [-0.25, -0.2) is 0 Å². The fraction of sp³-hybridized carbons (Fsp3) is 0.625. The first-order valence-corrected chi connectivity index (χ1v) is 3.60. The van der Waals surface area contributed by atoms with Crippen LogP contribution >= 0.6 is 0 Å². The summed E-state index contributed by atoms with van der Waals surface area (Å²) in [5.41, 5.74) is 0.701. The minimum Gasteiger partial charge on any atom is -0.391 e. The maximum Gasteiger partial charge on any atom is 0.147 e. The van der Waals surface area contributed by atoms with Crippen LogP contribution in [0.4, 0.5) is 0 Å². The van der Waals surface area contributed by atoms with Gasteiger partial charge in [0.2, 0.25) is 0 Å². The molecule has 62 valence electrons. The number of hydrogen-bond donors (Lipinski definition) is 1. The third-order valence-electron chi connectivity index (χ3n) is 1.50. The first-order valence-electron chi connectivity index (χ1n) is 3.60. The van der Waals surface area contributed by atoms with Crippen LogP contribution < -0.4 is 0 Å². The van der Waals surface area contributed by atoms with Crippen LogP contribution in [-0.4, -0.2) is 10.3 Å². The second-order valence-corrected chi connectivity index (χ2v) is 3.59. The summed E-state index contributed by atoms with van der Waals surface area (Å²) in [6.07, 6.45) is 1.56. The number of aliphatic hydroxyl groups is 1. The van der Waals surface area contributed by atoms with E-state index < -0.39 is 0 Å². The summed E-state index contributed by atoms with van der Waals surface area (Å²) in [5.74, 6) is 0.764. The Morgan fingerprint density at radius 3 is 2.55 bits per heavy atom. The van der Waals surface area contributed by atoms with Gasteiger partial charge in [-0.15, -0.1) is 0 Å². The molecule has 1 rings (SSSR count). The van der Waals surface area contributed by atoms with E-state index in [4.69, 9.17) is 9.63 Å². The van der Waals surface area contributed by atoms with Gasteiger partial charge in [-0.3, -0.25) is 0 Å². The molecular weight excluding hydrogens is 142 g/mol. The Hall–Kier alpha value is -0.830. The first kappa shape index (κ1) is 8.27. The molecule has 0 aliphatic heterocycles. The standard InChI is InChI=1S/C8H13NO2/c1-8(2,3)7-6(5-10)4-9-11-7/h4,10H,5H2,1-3H3. The van der Waals surface area contributed by atoms with Crippen molar-refractivity contribution in [2.24, 2.45) is 0 Å². The Balaban J connectivity index is 3.02. The van der Waals surface area contributed by atoms with Gasteiger partial charge < -0.3 is 9.63 Å². The fourth-order valence-corrected chi connectivity index (χ4v) is 0.991. The summed E-state index contributed by atoms with van der Waals surface area (Å²) in [4.78, 5) is 0. The van der Waals surface area contributed by atoms with Crippen LogP contribution in [-0.2, 0) is 12.0 Å². The predicted molar refractivity (Wildman–Crippen MR) is 41.1 cm³/mol. The van der Waals surface area contributed by atoms with Crippen molar-refractivity contribution in [3.8, 4) is 0 Å². The van der Waals surface area contributed by atoms with Gasteiger partial charge in [0, 0.05) is 11.0 Å². The smallest absolute Gasteiger partial charge is 0.147 e. The molecule has 0 atom stereocenters. The summed E-state index contributed by atoms with van der Waals surface area (Å²) in [6.45, 7) is 6.06. The molecule has 1 heterocycles. The summed E-state index contributed by atoms with van der Waals surface area (Å²) < 4.78 is 5.01. The van der Waals surface area contributed by atoms with Crippen LogP contribution in [0, 0.1) is 0 Å². The molecule has 0 aliphatic carbocycles. The van der Waals surface area contributed by atoms with Gasteiger partial charge in [0.1, 0.15) is 5.76 Å². The Morgan fingerprint density at radius 2 is 2.18 bits per heavy atom. The Kier molecular flexibility index (Phi) is 2.00. The summed E-state index contributed by atoms with van der Waals surface area (Å²) >= 11 is 0. The largest absolute Gasteiger partial charge is 0.391 e. The topological polar surface area (TPSA) is 46.3 Å². The molecule has 1 N–H and O–H groups in total. The molecule has 0 bridgehead atoms. The number of aliphatic hydroxyl groups excluding tert-OH is 1. The van der Waals surface area contributed by atoms with E-state index in [9.17, 15) is 0 Å². The highest BCUT2D eigenvalue weighted by Crippen LogP contribution is 2.25. The number of hydrogen-bond acceptors (Lipinski definition) is 3. The van der Waals surface area contributed by atoms with E-state index in [0.29, 0.717) is 0 Å². The zero-order valence-electron chi connectivity index (χ0n) is 7.09. The SMILES string of the molecule is CC(C)(C)c1oncc1CO. The minimum atomic E-state index is -0.0748. The van der Waals surface area contributed by atoms with Gasteiger partial charge in [-0.2, -0.15) is 0 Å². The Labute approximate surface area is 66.0 Å². The molecule has 3 nitrogen and oxygen atoms in total. The fourth-order valence-electron chi connectivity index (χ4n) is 0.991. The summed E-state index contributed by atoms with van der Waals surface area (Å²) in [7, 11) is 0. The van der Waals surface area contributed by atoms with E-state index in [1.54, 1.807) is 6.20 Å². The van der Waals surface area contributed by atoms with Crippen LogP contribution in [0.1, 0.15) is 32.1 Å². The van der Waals surface area contributed by atoms with Crippen LogP contribution in [0.5, 0.6) is 0 Å². The van der Waals surface area contributed by atoms with E-state index in [1.807, 2.05) is 20.8 Å². The van der Waals surface area contributed by atoms with Crippen LogP contribution in [0.3, 0.4) is 0 Å². The van der Waals surface area contributed by atoms with Gasteiger partial charge in [-0.05, 0) is 0 Å². The predicted octanol–water partition coefficient (Wildman–Crippen LogP) is 1.46. The minimum absolute atomic E-state index is 0.00387. The average Bonchev–Trinajstić information content (AvgIpc) is 2.31. The third kappa shape index (κ3) is 1.60. The van der Waals surface area contributed by atoms with Crippen LogP contribution in [0.25, 0.3) is 0 Å². The molecule has 0 fully saturated rings. The van der Waals surface area contributed by atoms with Crippen molar-refractivity contribution in [2.75, 3.05) is 0 Å². The lowest BCUT2D eigenvalue weighted by atomic mass is 9.91. The molecular formula is C8H13NO2. The Bertz CT molecular complexity index is 234. The lowest BCUT2D eigenvalue weighted by Gasteiger charge is -2.14. The van der Waals surface area contributed by atoms with Crippen molar-refractivity contribution in [3.63, 3.8) is 0 Å². The molecule has 0 saturated heterocycles. The molecule has 0 unspecified atom stereocenters. The van der Waals surface area contributed by atoms with Crippen LogP contribution in [0.2, 0.25) is 0 Å². The van der Waals surface area contributed by atoms with Gasteiger partial charge >= 0.3 is 0 Å². The zero-order chi connectivity index (χ0) is 8.48. The molecule has 0 spiro atoms. The molecule has 0 aromatic carbocycles. The van der Waals surface area contributed by atoms with Crippen molar-refractivity contribution < 1.29 is 9.63 Å². The highest BCUT2D eigenvalue weighted by atomic mass is 16.5. The highest BCUT2D eigenvalue weighted by molar-refractivity contribution is 5.19. The molecule has 0 aliphatic rings. The average molecular weight is 155 g/mol. The Morgan fingerprint density at radius 1 is 1.55 bits per heavy atom. The van der Waals surface area contributed by atoms with Crippen molar-refractivity contribution in [2.45, 2.75) is 32.8 Å². The molecule has 0 saturated carbocycles. The zero-order valence-corrected chi connectivity index (χ0v) is 7.09. The van der Waals surface area contributed by atoms with Crippen molar-refractivity contribution in [1.82, 2.24) is 5.16 Å². The molecule has 3 heteroatoms. The maximum atomic E-state index is 8.87. The van der Waals surface area contributed by atoms with Crippen molar-refractivity contribution >= 4 is 0 Å². The number of nitrogens with zero attached hydrogens (tertiary/aromatic N) is 1. The van der Waals surface area contributed by atoms with E-state index in [0.717, 1.165) is 11.3 Å². The van der Waals surface area contributed by atoms with Gasteiger partial charge in [0.15, 0.2) is 0 Å². The van der Waals surface area contributed by atoms with Crippen molar-refractivity contribution in [1.29, 1.82) is 0 Å². The number of aromatic nitrogens is 1. The molecule has 1 aromatic heterocycles.